The number of carbonyl (C=O) groups is 2. The molecule has 148 valence electrons. The number of Topliss-reactive ketones (excluding diaryl/α,β-unsaturated/α-hetero) is 1. The van der Waals surface area contributed by atoms with Gasteiger partial charge in [-0.15, -0.1) is 0 Å². The Hall–Kier alpha value is -3.75. The largest absolute Gasteiger partial charge is 0.491 e. The summed E-state index contributed by atoms with van der Waals surface area (Å²) >= 11 is 0. The second-order valence-electron chi connectivity index (χ2n) is 6.47. The van der Waals surface area contributed by atoms with Gasteiger partial charge < -0.3 is 20.1 Å². The van der Waals surface area contributed by atoms with Gasteiger partial charge in [-0.1, -0.05) is 0 Å². The highest BCUT2D eigenvalue weighted by molar-refractivity contribution is 6.21. The Morgan fingerprint density at radius 1 is 1.28 bits per heavy atom. The minimum absolute atomic E-state index is 0.0911. The third-order valence-electron chi connectivity index (χ3n) is 4.61. The third-order valence-corrected chi connectivity index (χ3v) is 4.61. The molecule has 29 heavy (non-hydrogen) atoms. The van der Waals surface area contributed by atoms with Crippen LogP contribution in [0.5, 0.6) is 11.5 Å². The average molecular weight is 393 g/mol. The molecule has 0 saturated carbocycles. The van der Waals surface area contributed by atoms with Crippen molar-refractivity contribution in [1.82, 2.24) is 9.88 Å². The summed E-state index contributed by atoms with van der Waals surface area (Å²) in [6.45, 7) is 0.978. The van der Waals surface area contributed by atoms with Gasteiger partial charge in [0, 0.05) is 30.1 Å². The second-order valence-corrected chi connectivity index (χ2v) is 6.47. The highest BCUT2D eigenvalue weighted by Crippen LogP contribution is 2.43. The van der Waals surface area contributed by atoms with Crippen LogP contribution < -0.4 is 15.2 Å². The lowest BCUT2D eigenvalue weighted by Gasteiger charge is -2.28. The number of amides is 1. The normalized spacial score (nSPS) is 14.4. The first-order valence-electron chi connectivity index (χ1n) is 9.03. The van der Waals surface area contributed by atoms with Gasteiger partial charge in [-0.25, -0.2) is 4.99 Å². The number of carbonyl (C=O) groups excluding carboxylic acids is 2. The van der Waals surface area contributed by atoms with E-state index in [2.05, 4.69) is 9.98 Å². The monoisotopic (exact) mass is 393 g/mol. The SMILES string of the molecule is COc1c(OCC(N)=O)ccc2c1N=C(CC(=O)c1cccnc1)N1CCN=C21. The van der Waals surface area contributed by atoms with E-state index in [1.54, 1.807) is 24.4 Å². The van der Waals surface area contributed by atoms with E-state index in [0.29, 0.717) is 41.7 Å². The van der Waals surface area contributed by atoms with Crippen molar-refractivity contribution in [2.24, 2.45) is 15.7 Å². The molecule has 9 heteroatoms. The first-order chi connectivity index (χ1) is 14.1. The van der Waals surface area contributed by atoms with E-state index in [0.717, 1.165) is 11.4 Å². The van der Waals surface area contributed by atoms with Crippen LogP contribution in [-0.4, -0.2) is 60.1 Å². The molecular formula is C20H19N5O4. The van der Waals surface area contributed by atoms with Crippen LogP contribution in [0.3, 0.4) is 0 Å². The van der Waals surface area contributed by atoms with Crippen molar-refractivity contribution in [2.75, 3.05) is 26.8 Å². The van der Waals surface area contributed by atoms with Crippen molar-refractivity contribution in [3.63, 3.8) is 0 Å². The van der Waals surface area contributed by atoms with Gasteiger partial charge in [0.15, 0.2) is 23.9 Å². The maximum atomic E-state index is 12.7. The number of ketones is 1. The van der Waals surface area contributed by atoms with Crippen LogP contribution in [0.15, 0.2) is 46.6 Å². The van der Waals surface area contributed by atoms with Crippen molar-refractivity contribution in [2.45, 2.75) is 6.42 Å². The molecule has 0 saturated heterocycles. The smallest absolute Gasteiger partial charge is 0.255 e. The highest BCUT2D eigenvalue weighted by atomic mass is 16.5. The molecule has 1 aromatic carbocycles. The van der Waals surface area contributed by atoms with E-state index in [1.165, 1.54) is 13.3 Å². The molecule has 2 aromatic rings. The topological polar surface area (TPSA) is 119 Å². The van der Waals surface area contributed by atoms with Gasteiger partial charge in [0.2, 0.25) is 0 Å². The summed E-state index contributed by atoms with van der Waals surface area (Å²) in [6.07, 6.45) is 3.25. The number of rotatable bonds is 7. The Labute approximate surface area is 166 Å². The summed E-state index contributed by atoms with van der Waals surface area (Å²) < 4.78 is 11.0. The third kappa shape index (κ3) is 3.54. The average Bonchev–Trinajstić information content (AvgIpc) is 3.23. The van der Waals surface area contributed by atoms with Crippen LogP contribution in [0.4, 0.5) is 5.69 Å². The molecule has 1 aromatic heterocycles. The maximum Gasteiger partial charge on any atom is 0.255 e. The fourth-order valence-electron chi connectivity index (χ4n) is 3.33. The maximum absolute atomic E-state index is 12.7. The standard InChI is InChI=1S/C20H19N5O4/c1-28-19-15(29-11-16(21)27)5-4-13-18(19)24-17(25-8-7-23-20(13)25)9-14(26)12-3-2-6-22-10-12/h2-6,10H,7-9,11H2,1H3,(H2,21,27). The summed E-state index contributed by atoms with van der Waals surface area (Å²) in [4.78, 5) is 39.0. The molecule has 9 nitrogen and oxygen atoms in total. The Kier molecular flexibility index (Phi) is 4.94. The predicted molar refractivity (Wildman–Crippen MR) is 106 cm³/mol. The van der Waals surface area contributed by atoms with E-state index >= 15 is 0 Å². The summed E-state index contributed by atoms with van der Waals surface area (Å²) in [6, 6.07) is 6.96. The zero-order valence-electron chi connectivity index (χ0n) is 15.8. The van der Waals surface area contributed by atoms with Crippen molar-refractivity contribution in [1.29, 1.82) is 0 Å². The van der Waals surface area contributed by atoms with Crippen LogP contribution >= 0.6 is 0 Å². The first-order valence-corrected chi connectivity index (χ1v) is 9.03. The number of hydrogen-bond acceptors (Lipinski definition) is 8. The summed E-state index contributed by atoms with van der Waals surface area (Å²) in [5.41, 5.74) is 6.98. The number of nitrogens with zero attached hydrogens (tertiary/aromatic N) is 4. The number of methoxy groups -OCH3 is 1. The van der Waals surface area contributed by atoms with Crippen LogP contribution in [0, 0.1) is 0 Å². The van der Waals surface area contributed by atoms with Gasteiger partial charge in [0.05, 0.1) is 20.1 Å². The van der Waals surface area contributed by atoms with Gasteiger partial charge in [-0.3, -0.25) is 19.6 Å². The zero-order chi connectivity index (χ0) is 20.4. The molecule has 0 radical (unpaired) electrons. The number of amidine groups is 2. The minimum atomic E-state index is -0.595. The number of pyridine rings is 1. The number of benzene rings is 1. The van der Waals surface area contributed by atoms with Crippen LogP contribution in [0.1, 0.15) is 22.3 Å². The zero-order valence-corrected chi connectivity index (χ0v) is 15.8. The number of nitrogens with two attached hydrogens (primary N) is 1. The second kappa shape index (κ2) is 7.70. The van der Waals surface area contributed by atoms with E-state index in [4.69, 9.17) is 20.2 Å². The van der Waals surface area contributed by atoms with Gasteiger partial charge in [-0.2, -0.15) is 0 Å². The first kappa shape index (κ1) is 18.6. The quantitative estimate of drug-likeness (QED) is 0.709. The number of hydrogen-bond donors (Lipinski definition) is 1. The van der Waals surface area contributed by atoms with Crippen LogP contribution in [-0.2, 0) is 4.79 Å². The lowest BCUT2D eigenvalue weighted by Crippen LogP contribution is -2.38. The Morgan fingerprint density at radius 3 is 2.86 bits per heavy atom. The number of aromatic nitrogens is 1. The van der Waals surface area contributed by atoms with Crippen molar-refractivity contribution >= 4 is 29.0 Å². The van der Waals surface area contributed by atoms with Crippen molar-refractivity contribution in [3.8, 4) is 11.5 Å². The van der Waals surface area contributed by atoms with E-state index in [1.807, 2.05) is 11.0 Å². The number of ether oxygens (including phenoxy) is 2. The summed E-state index contributed by atoms with van der Waals surface area (Å²) in [7, 11) is 1.49. The number of primary amides is 1. The van der Waals surface area contributed by atoms with Gasteiger partial charge in [0.1, 0.15) is 17.4 Å². The molecule has 0 bridgehead atoms. The highest BCUT2D eigenvalue weighted by Gasteiger charge is 2.33. The Bertz CT molecular complexity index is 1030. The Balaban J connectivity index is 1.73. The lowest BCUT2D eigenvalue weighted by molar-refractivity contribution is -0.119. The summed E-state index contributed by atoms with van der Waals surface area (Å²) in [5, 5.41) is 0. The van der Waals surface area contributed by atoms with Crippen molar-refractivity contribution < 1.29 is 19.1 Å². The summed E-state index contributed by atoms with van der Waals surface area (Å²) in [5.74, 6) is 1.34. The van der Waals surface area contributed by atoms with E-state index in [-0.39, 0.29) is 18.8 Å². The van der Waals surface area contributed by atoms with Crippen molar-refractivity contribution in [3.05, 3.63) is 47.8 Å². The minimum Gasteiger partial charge on any atom is -0.491 e. The molecule has 2 aliphatic rings. The number of aliphatic imine (C=N–C) groups is 2. The molecule has 2 aliphatic heterocycles. The van der Waals surface area contributed by atoms with Gasteiger partial charge in [-0.05, 0) is 24.3 Å². The van der Waals surface area contributed by atoms with Crippen LogP contribution in [0.25, 0.3) is 0 Å². The molecule has 0 aliphatic carbocycles. The van der Waals surface area contributed by atoms with Crippen LogP contribution in [0.2, 0.25) is 0 Å². The van der Waals surface area contributed by atoms with Gasteiger partial charge >= 0.3 is 0 Å². The lowest BCUT2D eigenvalue weighted by atomic mass is 10.0. The van der Waals surface area contributed by atoms with Gasteiger partial charge in [0.25, 0.3) is 5.91 Å². The molecule has 3 heterocycles. The Morgan fingerprint density at radius 2 is 2.14 bits per heavy atom. The molecular weight excluding hydrogens is 374 g/mol. The molecule has 0 atom stereocenters. The van der Waals surface area contributed by atoms with E-state index < -0.39 is 5.91 Å². The number of fused-ring (bicyclic) bond motifs is 3. The predicted octanol–water partition coefficient (Wildman–Crippen LogP) is 1.33. The molecule has 1 amide bonds. The molecule has 0 spiro atoms. The van der Waals surface area contributed by atoms with E-state index in [9.17, 15) is 9.59 Å². The molecule has 0 fully saturated rings. The molecule has 4 rings (SSSR count). The fraction of sp³-hybridized carbons (Fsp3) is 0.250. The molecule has 0 unspecified atom stereocenters. The fourth-order valence-corrected chi connectivity index (χ4v) is 3.33. The molecule has 2 N–H and O–H groups in total.